The molecule has 0 bridgehead atoms. The third-order valence-electron chi connectivity index (χ3n) is 11.5. The van der Waals surface area contributed by atoms with Crippen molar-refractivity contribution in [1.29, 1.82) is 0 Å². The fraction of sp³-hybridized carbons (Fsp3) is 0.980. The van der Waals surface area contributed by atoms with E-state index in [1.807, 2.05) is 0 Å². The molecule has 8 nitrogen and oxygen atoms in total. The van der Waals surface area contributed by atoms with Gasteiger partial charge in [-0.2, -0.15) is 0 Å². The Morgan fingerprint density at radius 3 is 1.09 bits per heavy atom. The Balaban J connectivity index is 3.83. The molecule has 0 rings (SSSR count). The minimum Gasteiger partial charge on any atom is -0.457 e. The van der Waals surface area contributed by atoms with E-state index in [1.54, 1.807) is 0 Å². The normalized spacial score (nSPS) is 13.2. The molecule has 58 heavy (non-hydrogen) atoms. The molecule has 0 radical (unpaired) electrons. The zero-order valence-electron chi connectivity index (χ0n) is 38.8. The van der Waals surface area contributed by atoms with Crippen LogP contribution in [0.25, 0.3) is 0 Å². The first-order chi connectivity index (χ1) is 28.4. The van der Waals surface area contributed by atoms with Crippen molar-refractivity contribution in [2.24, 2.45) is 5.73 Å². The van der Waals surface area contributed by atoms with E-state index >= 15 is 0 Å². The van der Waals surface area contributed by atoms with Gasteiger partial charge in [-0.25, -0.2) is 4.57 Å². The molecule has 3 N–H and O–H groups in total. The molecule has 0 aromatic rings. The quantitative estimate of drug-likeness (QED) is 0.0353. The first-order valence-electron chi connectivity index (χ1n) is 25.5. The molecule has 0 aliphatic heterocycles. The molecule has 348 valence electrons. The molecule has 9 heteroatoms. The Kier molecular flexibility index (Phi) is 47.1. The van der Waals surface area contributed by atoms with Gasteiger partial charge in [0.1, 0.15) is 6.10 Å². The van der Waals surface area contributed by atoms with Gasteiger partial charge in [-0.05, 0) is 12.8 Å². The van der Waals surface area contributed by atoms with Crippen LogP contribution in [-0.4, -0.2) is 49.9 Å². The first kappa shape index (κ1) is 57.5. The van der Waals surface area contributed by atoms with Crippen LogP contribution in [0.4, 0.5) is 0 Å². The summed E-state index contributed by atoms with van der Waals surface area (Å²) in [6.45, 7) is 5.00. The number of esters is 1. The molecule has 0 aliphatic carbocycles. The van der Waals surface area contributed by atoms with Crippen LogP contribution in [0.2, 0.25) is 0 Å². The van der Waals surface area contributed by atoms with E-state index < -0.39 is 13.9 Å². The number of carbonyl (C=O) groups excluding carboxylic acids is 1. The lowest BCUT2D eigenvalue weighted by Gasteiger charge is -2.20. The number of nitrogens with two attached hydrogens (primary N) is 1. The molecule has 0 aromatic heterocycles. The average Bonchev–Trinajstić information content (AvgIpc) is 3.21. The number of rotatable bonds is 50. The summed E-state index contributed by atoms with van der Waals surface area (Å²) in [7, 11) is -4.27. The summed E-state index contributed by atoms with van der Waals surface area (Å²) >= 11 is 0. The van der Waals surface area contributed by atoms with E-state index in [0.29, 0.717) is 13.0 Å². The zero-order valence-corrected chi connectivity index (χ0v) is 39.7. The van der Waals surface area contributed by atoms with E-state index in [-0.39, 0.29) is 32.3 Å². The summed E-state index contributed by atoms with van der Waals surface area (Å²) in [5.41, 5.74) is 5.38. The van der Waals surface area contributed by atoms with Crippen LogP contribution in [-0.2, 0) is 27.9 Å². The Bertz CT molecular complexity index is 863. The Hall–Kier alpha value is -0.500. The fourth-order valence-corrected chi connectivity index (χ4v) is 8.53. The molecular weight excluding hydrogens is 746 g/mol. The second-order valence-electron chi connectivity index (χ2n) is 17.4. The predicted molar refractivity (Wildman–Crippen MR) is 248 cm³/mol. The highest BCUT2D eigenvalue weighted by Gasteiger charge is 2.25. The molecule has 0 spiro atoms. The summed E-state index contributed by atoms with van der Waals surface area (Å²) < 4.78 is 33.5. The zero-order chi connectivity index (χ0) is 42.3. The lowest BCUT2D eigenvalue weighted by atomic mass is 10.0. The maximum atomic E-state index is 12.6. The van der Waals surface area contributed by atoms with Gasteiger partial charge in [0.05, 0.1) is 19.8 Å². The topological polar surface area (TPSA) is 117 Å². The average molecular weight is 846 g/mol. The van der Waals surface area contributed by atoms with Crippen molar-refractivity contribution < 1.29 is 32.8 Å². The van der Waals surface area contributed by atoms with E-state index in [9.17, 15) is 14.3 Å². The molecule has 2 atom stereocenters. The van der Waals surface area contributed by atoms with E-state index in [0.717, 1.165) is 32.1 Å². The van der Waals surface area contributed by atoms with E-state index in [2.05, 4.69) is 13.8 Å². The number of unbranched alkanes of at least 4 members (excludes halogenated alkanes) is 37. The molecule has 0 aliphatic rings. The van der Waals surface area contributed by atoms with Gasteiger partial charge in [-0.3, -0.25) is 13.8 Å². The lowest BCUT2D eigenvalue weighted by molar-refractivity contribution is -0.154. The van der Waals surface area contributed by atoms with Crippen LogP contribution in [0.5, 0.6) is 0 Å². The fourth-order valence-electron chi connectivity index (χ4n) is 7.77. The highest BCUT2D eigenvalue weighted by atomic mass is 31.2. The van der Waals surface area contributed by atoms with Gasteiger partial charge in [-0.15, -0.1) is 0 Å². The van der Waals surface area contributed by atoms with Gasteiger partial charge in [-0.1, -0.05) is 251 Å². The second kappa shape index (κ2) is 47.5. The van der Waals surface area contributed by atoms with Crippen LogP contribution in [0, 0.1) is 0 Å². The lowest BCUT2D eigenvalue weighted by Crippen LogP contribution is -2.28. The van der Waals surface area contributed by atoms with Gasteiger partial charge in [0.15, 0.2) is 0 Å². The summed E-state index contributed by atoms with van der Waals surface area (Å²) in [4.78, 5) is 22.6. The molecule has 0 saturated heterocycles. The number of ether oxygens (including phenoxy) is 2. The number of carbonyl (C=O) groups is 1. The van der Waals surface area contributed by atoms with Gasteiger partial charge < -0.3 is 20.1 Å². The van der Waals surface area contributed by atoms with Crippen LogP contribution >= 0.6 is 7.82 Å². The van der Waals surface area contributed by atoms with Crippen molar-refractivity contribution in [1.82, 2.24) is 0 Å². The van der Waals surface area contributed by atoms with Crippen LogP contribution in [0.1, 0.15) is 271 Å². The molecule has 0 aromatic carbocycles. The van der Waals surface area contributed by atoms with E-state index in [1.165, 1.54) is 218 Å². The third kappa shape index (κ3) is 46.6. The predicted octanol–water partition coefficient (Wildman–Crippen LogP) is 15.7. The maximum Gasteiger partial charge on any atom is 0.472 e. The van der Waals surface area contributed by atoms with Crippen molar-refractivity contribution >= 4 is 13.8 Å². The SMILES string of the molecule is CCCCCCCCCCCCCCCCCCCCCCCCCCCC(=O)O[C@H](COCCCCCCCCCCCCCCCC)COP(=O)(O)OCCN. The van der Waals surface area contributed by atoms with Crippen molar-refractivity contribution in [2.45, 2.75) is 277 Å². The van der Waals surface area contributed by atoms with Gasteiger partial charge in [0, 0.05) is 19.6 Å². The highest BCUT2D eigenvalue weighted by Crippen LogP contribution is 2.43. The summed E-state index contributed by atoms with van der Waals surface area (Å²) in [6, 6.07) is 0. The Labute approximate surface area is 361 Å². The van der Waals surface area contributed by atoms with Crippen molar-refractivity contribution in [2.75, 3.05) is 33.0 Å². The van der Waals surface area contributed by atoms with Crippen LogP contribution in [0.15, 0.2) is 0 Å². The largest absolute Gasteiger partial charge is 0.472 e. The highest BCUT2D eigenvalue weighted by molar-refractivity contribution is 7.47. The maximum absolute atomic E-state index is 12.6. The smallest absolute Gasteiger partial charge is 0.457 e. The molecule has 0 saturated carbocycles. The number of hydrogen-bond donors (Lipinski definition) is 2. The summed E-state index contributed by atoms with van der Waals surface area (Å²) in [5.74, 6) is -0.321. The molecule has 1 unspecified atom stereocenters. The number of phosphoric ester groups is 1. The summed E-state index contributed by atoms with van der Waals surface area (Å²) in [5, 5.41) is 0. The van der Waals surface area contributed by atoms with Crippen molar-refractivity contribution in [3.63, 3.8) is 0 Å². The first-order valence-corrected chi connectivity index (χ1v) is 27.0. The molecular formula is C49H100NO7P. The molecule has 0 heterocycles. The summed E-state index contributed by atoms with van der Waals surface area (Å²) in [6.07, 6.45) is 51.4. The molecule has 0 fully saturated rings. The Morgan fingerprint density at radius 2 is 0.759 bits per heavy atom. The Morgan fingerprint density at radius 1 is 0.448 bits per heavy atom. The number of hydrogen-bond acceptors (Lipinski definition) is 7. The van der Waals surface area contributed by atoms with Crippen molar-refractivity contribution in [3.8, 4) is 0 Å². The van der Waals surface area contributed by atoms with Gasteiger partial charge in [0.25, 0.3) is 0 Å². The minimum atomic E-state index is -4.27. The van der Waals surface area contributed by atoms with Gasteiger partial charge in [0.2, 0.25) is 0 Å². The monoisotopic (exact) mass is 846 g/mol. The number of phosphoric acid groups is 1. The third-order valence-corrected chi connectivity index (χ3v) is 12.5. The van der Waals surface area contributed by atoms with Crippen LogP contribution in [0.3, 0.4) is 0 Å². The second-order valence-corrected chi connectivity index (χ2v) is 18.9. The minimum absolute atomic E-state index is 0.0898. The van der Waals surface area contributed by atoms with Gasteiger partial charge >= 0.3 is 13.8 Å². The standard InChI is InChI=1S/C49H100NO7P/c1-3-5-7-9-11-13-15-17-19-20-21-22-23-24-25-26-27-28-29-30-32-34-36-38-40-42-49(51)57-48(47-56-58(52,53)55-45-43-50)46-54-44-41-39-37-35-33-31-18-16-14-12-10-8-6-4-2/h48H,3-47,50H2,1-2H3,(H,52,53)/t48-/m1/s1. The van der Waals surface area contributed by atoms with Crippen LogP contribution < -0.4 is 5.73 Å². The van der Waals surface area contributed by atoms with Crippen molar-refractivity contribution in [3.05, 3.63) is 0 Å². The van der Waals surface area contributed by atoms with E-state index in [4.69, 9.17) is 24.3 Å². The molecule has 0 amide bonds.